The molecule has 1 amide bonds. The normalized spacial score (nSPS) is 11.0. The number of amides is 1. The molecule has 0 saturated carbocycles. The average Bonchev–Trinajstić information content (AvgIpc) is 3.48. The highest BCUT2D eigenvalue weighted by atomic mass is 16.5. The zero-order chi connectivity index (χ0) is 23.4. The van der Waals surface area contributed by atoms with Crippen molar-refractivity contribution in [3.63, 3.8) is 0 Å². The second kappa shape index (κ2) is 9.56. The molecule has 33 heavy (non-hydrogen) atoms. The average molecular weight is 448 g/mol. The van der Waals surface area contributed by atoms with E-state index in [1.165, 1.54) is 6.26 Å². The lowest BCUT2D eigenvalue weighted by molar-refractivity contribution is -0.119. The van der Waals surface area contributed by atoms with Crippen LogP contribution in [0.4, 0.5) is 5.69 Å². The lowest BCUT2D eigenvalue weighted by Crippen LogP contribution is -2.21. The van der Waals surface area contributed by atoms with Crippen LogP contribution in [0.1, 0.15) is 37.2 Å². The third-order valence-electron chi connectivity index (χ3n) is 4.84. The fourth-order valence-corrected chi connectivity index (χ4v) is 3.36. The van der Waals surface area contributed by atoms with Gasteiger partial charge in [0.1, 0.15) is 11.4 Å². The maximum Gasteiger partial charge on any atom is 0.339 e. The van der Waals surface area contributed by atoms with Gasteiger partial charge in [0.05, 0.1) is 35.7 Å². The van der Waals surface area contributed by atoms with Gasteiger partial charge in [-0.15, -0.1) is 0 Å². The van der Waals surface area contributed by atoms with E-state index in [1.54, 1.807) is 47.3 Å². The Morgan fingerprint density at radius 1 is 1.18 bits per heavy atom. The van der Waals surface area contributed by atoms with Crippen LogP contribution in [0.2, 0.25) is 0 Å². The lowest BCUT2D eigenvalue weighted by Gasteiger charge is -2.12. The lowest BCUT2D eigenvalue weighted by atomic mass is 10.1. The predicted octanol–water partition coefficient (Wildman–Crippen LogP) is 4.47. The number of carbonyl (C=O) groups is 2. The number of furan rings is 1. The summed E-state index contributed by atoms with van der Waals surface area (Å²) in [5, 5.41) is 7.60. The largest absolute Gasteiger partial charge is 0.492 e. The Labute approximate surface area is 190 Å². The summed E-state index contributed by atoms with van der Waals surface area (Å²) in [5.74, 6) is -0.0934. The number of para-hydroxylation sites is 2. The molecule has 4 rings (SSSR count). The van der Waals surface area contributed by atoms with Crippen LogP contribution in [0.25, 0.3) is 22.5 Å². The van der Waals surface area contributed by atoms with Gasteiger partial charge < -0.3 is 19.2 Å². The summed E-state index contributed by atoms with van der Waals surface area (Å²) in [6.45, 7) is 5.79. The van der Waals surface area contributed by atoms with Gasteiger partial charge in [-0.3, -0.25) is 4.79 Å². The van der Waals surface area contributed by atoms with Crippen LogP contribution in [-0.2, 0) is 9.53 Å². The van der Waals surface area contributed by atoms with E-state index in [4.69, 9.17) is 13.9 Å². The van der Waals surface area contributed by atoms with E-state index in [1.807, 2.05) is 26.8 Å². The minimum atomic E-state index is -0.660. The molecule has 0 aliphatic carbocycles. The molecule has 0 fully saturated rings. The van der Waals surface area contributed by atoms with Crippen molar-refractivity contribution in [3.8, 4) is 17.2 Å². The molecule has 170 valence electrons. The Kier molecular flexibility index (Phi) is 6.39. The van der Waals surface area contributed by atoms with Crippen LogP contribution >= 0.6 is 0 Å². The summed E-state index contributed by atoms with van der Waals surface area (Å²) >= 11 is 0. The maximum atomic E-state index is 13.0. The SMILES string of the molecule is CCOc1ccccc1NC(=O)COC(=O)c1cc(-c2ccco2)nc2c1cnn2C(C)C. The molecule has 0 bridgehead atoms. The summed E-state index contributed by atoms with van der Waals surface area (Å²) in [7, 11) is 0. The van der Waals surface area contributed by atoms with Gasteiger partial charge in [-0.25, -0.2) is 14.5 Å². The molecule has 0 spiro atoms. The Hall–Kier alpha value is -4.14. The first kappa shape index (κ1) is 22.1. The zero-order valence-electron chi connectivity index (χ0n) is 18.6. The van der Waals surface area contributed by atoms with Crippen LogP contribution < -0.4 is 10.1 Å². The molecule has 1 aromatic carbocycles. The number of nitrogens with zero attached hydrogens (tertiary/aromatic N) is 3. The number of aromatic nitrogens is 3. The molecule has 0 atom stereocenters. The van der Waals surface area contributed by atoms with E-state index in [-0.39, 0.29) is 11.6 Å². The fourth-order valence-electron chi connectivity index (χ4n) is 3.36. The molecule has 0 aliphatic rings. The fraction of sp³-hybridized carbons (Fsp3) is 0.250. The number of anilines is 1. The number of rotatable bonds is 8. The standard InChI is InChI=1S/C24H24N4O5/c1-4-31-20-9-6-5-8-18(20)26-22(29)14-33-24(30)16-12-19(21-10-7-11-32-21)27-23-17(16)13-25-28(23)15(2)3/h5-13,15H,4,14H2,1-3H3,(H,26,29). The highest BCUT2D eigenvalue weighted by molar-refractivity contribution is 6.04. The predicted molar refractivity (Wildman–Crippen MR) is 122 cm³/mol. The van der Waals surface area contributed by atoms with Crippen LogP contribution in [0.5, 0.6) is 5.75 Å². The van der Waals surface area contributed by atoms with Crippen molar-refractivity contribution >= 4 is 28.6 Å². The van der Waals surface area contributed by atoms with E-state index in [0.29, 0.717) is 40.5 Å². The summed E-state index contributed by atoms with van der Waals surface area (Å²) in [5.41, 5.74) is 1.75. The first-order valence-electron chi connectivity index (χ1n) is 10.6. The van der Waals surface area contributed by atoms with Crippen molar-refractivity contribution in [2.24, 2.45) is 0 Å². The highest BCUT2D eigenvalue weighted by Crippen LogP contribution is 2.27. The first-order chi connectivity index (χ1) is 16.0. The van der Waals surface area contributed by atoms with Gasteiger partial charge >= 0.3 is 5.97 Å². The number of fused-ring (bicyclic) bond motifs is 1. The topological polar surface area (TPSA) is 108 Å². The smallest absolute Gasteiger partial charge is 0.339 e. The molecule has 4 aromatic rings. The molecular formula is C24H24N4O5. The van der Waals surface area contributed by atoms with E-state index >= 15 is 0 Å². The van der Waals surface area contributed by atoms with E-state index in [2.05, 4.69) is 15.4 Å². The van der Waals surface area contributed by atoms with Gasteiger partial charge in [-0.05, 0) is 51.1 Å². The number of pyridine rings is 1. The van der Waals surface area contributed by atoms with E-state index in [0.717, 1.165) is 0 Å². The third kappa shape index (κ3) is 4.72. The van der Waals surface area contributed by atoms with Gasteiger partial charge in [0.25, 0.3) is 5.91 Å². The molecular weight excluding hydrogens is 424 g/mol. The van der Waals surface area contributed by atoms with Gasteiger partial charge in [0, 0.05) is 6.04 Å². The summed E-state index contributed by atoms with van der Waals surface area (Å²) in [6.07, 6.45) is 3.10. The number of hydrogen-bond acceptors (Lipinski definition) is 7. The van der Waals surface area contributed by atoms with Crippen molar-refractivity contribution in [2.45, 2.75) is 26.8 Å². The molecule has 0 radical (unpaired) electrons. The van der Waals surface area contributed by atoms with E-state index in [9.17, 15) is 9.59 Å². The van der Waals surface area contributed by atoms with Gasteiger partial charge in [-0.1, -0.05) is 12.1 Å². The number of esters is 1. The Balaban J connectivity index is 1.56. The molecule has 0 saturated heterocycles. The number of ether oxygens (including phenoxy) is 2. The minimum absolute atomic E-state index is 0.0295. The third-order valence-corrected chi connectivity index (χ3v) is 4.84. The number of carbonyl (C=O) groups excluding carboxylic acids is 2. The first-order valence-corrected chi connectivity index (χ1v) is 10.6. The Morgan fingerprint density at radius 2 is 2.00 bits per heavy atom. The van der Waals surface area contributed by atoms with Crippen LogP contribution in [0, 0.1) is 0 Å². The molecule has 9 heteroatoms. The Morgan fingerprint density at radius 3 is 2.73 bits per heavy atom. The second-order valence-electron chi connectivity index (χ2n) is 7.51. The number of benzene rings is 1. The van der Waals surface area contributed by atoms with Gasteiger partial charge in [0.2, 0.25) is 0 Å². The monoisotopic (exact) mass is 448 g/mol. The van der Waals surface area contributed by atoms with Crippen LogP contribution in [0.3, 0.4) is 0 Å². The summed E-state index contributed by atoms with van der Waals surface area (Å²) < 4.78 is 18.0. The van der Waals surface area contributed by atoms with Gasteiger partial charge in [-0.2, -0.15) is 5.10 Å². The van der Waals surface area contributed by atoms with E-state index < -0.39 is 18.5 Å². The molecule has 9 nitrogen and oxygen atoms in total. The van der Waals surface area contributed by atoms with Crippen molar-refractivity contribution in [1.82, 2.24) is 14.8 Å². The highest BCUT2D eigenvalue weighted by Gasteiger charge is 2.21. The minimum Gasteiger partial charge on any atom is -0.492 e. The summed E-state index contributed by atoms with van der Waals surface area (Å²) in [4.78, 5) is 30.0. The molecule has 0 unspecified atom stereocenters. The number of nitrogens with one attached hydrogen (secondary N) is 1. The molecule has 3 heterocycles. The molecule has 1 N–H and O–H groups in total. The zero-order valence-corrected chi connectivity index (χ0v) is 18.6. The maximum absolute atomic E-state index is 13.0. The Bertz CT molecular complexity index is 1280. The van der Waals surface area contributed by atoms with Crippen LogP contribution in [-0.4, -0.2) is 39.9 Å². The molecule has 0 aliphatic heterocycles. The number of hydrogen-bond donors (Lipinski definition) is 1. The van der Waals surface area contributed by atoms with Crippen molar-refractivity contribution in [3.05, 3.63) is 60.5 Å². The van der Waals surface area contributed by atoms with Crippen molar-refractivity contribution in [1.29, 1.82) is 0 Å². The second-order valence-corrected chi connectivity index (χ2v) is 7.51. The van der Waals surface area contributed by atoms with Gasteiger partial charge in [0.15, 0.2) is 18.0 Å². The van der Waals surface area contributed by atoms with Crippen LogP contribution in [0.15, 0.2) is 59.3 Å². The quantitative estimate of drug-likeness (QED) is 0.396. The van der Waals surface area contributed by atoms with Crippen molar-refractivity contribution < 1.29 is 23.5 Å². The molecule has 3 aromatic heterocycles. The summed E-state index contributed by atoms with van der Waals surface area (Å²) in [6, 6.07) is 12.2. The van der Waals surface area contributed by atoms with Crippen molar-refractivity contribution in [2.75, 3.05) is 18.5 Å².